The zero-order chi connectivity index (χ0) is 10.1. The van der Waals surface area contributed by atoms with Crippen LogP contribution in [0.1, 0.15) is 72.6 Å². The van der Waals surface area contributed by atoms with E-state index in [1.165, 1.54) is 44.9 Å². The molecule has 0 heterocycles. The Morgan fingerprint density at radius 1 is 0.846 bits per heavy atom. The van der Waals surface area contributed by atoms with E-state index in [2.05, 4.69) is 27.7 Å². The molecule has 0 N–H and O–H groups in total. The predicted octanol–water partition coefficient (Wildman–Crippen LogP) is 5.03. The molecule has 80 valence electrons. The summed E-state index contributed by atoms with van der Waals surface area (Å²) in [5.41, 5.74) is 0. The fourth-order valence-electron chi connectivity index (χ4n) is 2.06. The minimum Gasteiger partial charge on any atom is -0.0654 e. The minimum absolute atomic E-state index is 0.937. The van der Waals surface area contributed by atoms with Gasteiger partial charge in [0.2, 0.25) is 0 Å². The van der Waals surface area contributed by atoms with Crippen LogP contribution in [0, 0.1) is 11.8 Å². The van der Waals surface area contributed by atoms with Gasteiger partial charge >= 0.3 is 0 Å². The van der Waals surface area contributed by atoms with Gasteiger partial charge in [-0.05, 0) is 11.8 Å². The number of hydrogen-bond acceptors (Lipinski definition) is 0. The average Bonchev–Trinajstić information content (AvgIpc) is 2.17. The molecule has 13 heavy (non-hydrogen) atoms. The molecule has 0 saturated carbocycles. The minimum atomic E-state index is 0.937. The van der Waals surface area contributed by atoms with Crippen molar-refractivity contribution in [3.05, 3.63) is 0 Å². The Morgan fingerprint density at radius 2 is 1.54 bits per heavy atom. The van der Waals surface area contributed by atoms with Gasteiger partial charge < -0.3 is 0 Å². The Kier molecular flexibility index (Phi) is 8.59. The van der Waals surface area contributed by atoms with E-state index >= 15 is 0 Å². The van der Waals surface area contributed by atoms with Gasteiger partial charge in [0, 0.05) is 0 Å². The van der Waals surface area contributed by atoms with Crippen LogP contribution in [0.15, 0.2) is 0 Å². The Bertz CT molecular complexity index is 96.2. The molecule has 2 unspecified atom stereocenters. The topological polar surface area (TPSA) is 0 Å². The van der Waals surface area contributed by atoms with Gasteiger partial charge in [0.25, 0.3) is 0 Å². The van der Waals surface area contributed by atoms with Gasteiger partial charge in [-0.15, -0.1) is 0 Å². The molecule has 0 radical (unpaired) electrons. The van der Waals surface area contributed by atoms with E-state index in [4.69, 9.17) is 0 Å². The lowest BCUT2D eigenvalue weighted by Crippen LogP contribution is -2.09. The van der Waals surface area contributed by atoms with Crippen LogP contribution in [0.4, 0.5) is 0 Å². The molecule has 0 aliphatic carbocycles. The zero-order valence-corrected chi connectivity index (χ0v) is 10.1. The summed E-state index contributed by atoms with van der Waals surface area (Å²) in [6, 6.07) is 0. The molecular weight excluding hydrogens is 156 g/mol. The molecule has 0 aliphatic rings. The highest BCUT2D eigenvalue weighted by molar-refractivity contribution is 4.63. The van der Waals surface area contributed by atoms with Crippen LogP contribution >= 0.6 is 0 Å². The summed E-state index contributed by atoms with van der Waals surface area (Å²) >= 11 is 0. The third-order valence-corrected chi connectivity index (χ3v) is 3.40. The second-order valence-corrected chi connectivity index (χ2v) is 4.40. The molecule has 0 aromatic rings. The maximum atomic E-state index is 2.41. The van der Waals surface area contributed by atoms with Gasteiger partial charge in [0.05, 0.1) is 0 Å². The number of hydrogen-bond donors (Lipinski definition) is 0. The van der Waals surface area contributed by atoms with Crippen molar-refractivity contribution in [3.63, 3.8) is 0 Å². The second kappa shape index (κ2) is 8.59. The maximum Gasteiger partial charge on any atom is -0.0391 e. The Morgan fingerprint density at radius 3 is 2.00 bits per heavy atom. The highest BCUT2D eigenvalue weighted by Crippen LogP contribution is 2.24. The van der Waals surface area contributed by atoms with Crippen molar-refractivity contribution < 1.29 is 0 Å². The summed E-state index contributed by atoms with van der Waals surface area (Å²) in [5, 5.41) is 0. The summed E-state index contributed by atoms with van der Waals surface area (Å²) < 4.78 is 0. The first kappa shape index (κ1) is 13.0. The van der Waals surface area contributed by atoms with Gasteiger partial charge in [-0.2, -0.15) is 0 Å². The van der Waals surface area contributed by atoms with E-state index in [1.54, 1.807) is 0 Å². The summed E-state index contributed by atoms with van der Waals surface area (Å²) in [7, 11) is 0. The van der Waals surface area contributed by atoms with E-state index in [-0.39, 0.29) is 0 Å². The van der Waals surface area contributed by atoms with E-state index in [1.807, 2.05) is 0 Å². The molecule has 0 spiro atoms. The van der Waals surface area contributed by atoms with Crippen molar-refractivity contribution in [3.8, 4) is 0 Å². The fourth-order valence-corrected chi connectivity index (χ4v) is 2.06. The summed E-state index contributed by atoms with van der Waals surface area (Å²) in [5.74, 6) is 1.92. The molecule has 0 rings (SSSR count). The summed E-state index contributed by atoms with van der Waals surface area (Å²) in [6.45, 7) is 9.36. The van der Waals surface area contributed by atoms with Crippen LogP contribution in [0.25, 0.3) is 0 Å². The van der Waals surface area contributed by atoms with Gasteiger partial charge in [0.15, 0.2) is 0 Å². The lowest BCUT2D eigenvalue weighted by molar-refractivity contribution is 0.307. The van der Waals surface area contributed by atoms with E-state index in [0.29, 0.717) is 0 Å². The van der Waals surface area contributed by atoms with Crippen molar-refractivity contribution in [2.75, 3.05) is 0 Å². The summed E-state index contributed by atoms with van der Waals surface area (Å²) in [4.78, 5) is 0. The van der Waals surface area contributed by atoms with E-state index in [0.717, 1.165) is 11.8 Å². The standard InChI is InChI=1S/C13H28/c1-5-8-9-10-11-13(7-3)12(4)6-2/h12-13H,5-11H2,1-4H3. The highest BCUT2D eigenvalue weighted by atomic mass is 14.2. The quantitative estimate of drug-likeness (QED) is 0.464. The van der Waals surface area contributed by atoms with Crippen LogP contribution < -0.4 is 0 Å². The van der Waals surface area contributed by atoms with Gasteiger partial charge in [0.1, 0.15) is 0 Å². The number of unbranched alkanes of at least 4 members (excludes halogenated alkanes) is 3. The van der Waals surface area contributed by atoms with E-state index in [9.17, 15) is 0 Å². The smallest absolute Gasteiger partial charge is 0.0391 e. The van der Waals surface area contributed by atoms with Crippen LogP contribution in [-0.2, 0) is 0 Å². The predicted molar refractivity (Wildman–Crippen MR) is 62.0 cm³/mol. The first-order chi connectivity index (χ1) is 6.26. The van der Waals surface area contributed by atoms with Crippen molar-refractivity contribution in [2.24, 2.45) is 11.8 Å². The highest BCUT2D eigenvalue weighted by Gasteiger charge is 2.12. The van der Waals surface area contributed by atoms with Crippen molar-refractivity contribution in [1.82, 2.24) is 0 Å². The second-order valence-electron chi connectivity index (χ2n) is 4.40. The monoisotopic (exact) mass is 184 g/mol. The lowest BCUT2D eigenvalue weighted by atomic mass is 9.85. The molecule has 2 atom stereocenters. The molecule has 0 aromatic heterocycles. The third-order valence-electron chi connectivity index (χ3n) is 3.40. The van der Waals surface area contributed by atoms with Crippen LogP contribution in [-0.4, -0.2) is 0 Å². The Labute approximate surface area is 85.1 Å². The third kappa shape index (κ3) is 6.12. The SMILES string of the molecule is CCCCCCC(CC)C(C)CC. The molecule has 0 nitrogen and oxygen atoms in total. The van der Waals surface area contributed by atoms with Crippen molar-refractivity contribution in [2.45, 2.75) is 72.6 Å². The Hall–Kier alpha value is 0. The van der Waals surface area contributed by atoms with Crippen LogP contribution in [0.3, 0.4) is 0 Å². The number of rotatable bonds is 8. The normalized spacial score (nSPS) is 15.7. The molecule has 0 saturated heterocycles. The zero-order valence-electron chi connectivity index (χ0n) is 10.1. The largest absolute Gasteiger partial charge is 0.0654 e. The Balaban J connectivity index is 3.47. The molecule has 0 aliphatic heterocycles. The summed E-state index contributed by atoms with van der Waals surface area (Å²) in [6.07, 6.45) is 9.89. The van der Waals surface area contributed by atoms with Crippen LogP contribution in [0.2, 0.25) is 0 Å². The van der Waals surface area contributed by atoms with E-state index < -0.39 is 0 Å². The molecule has 0 heteroatoms. The molecule has 0 aromatic carbocycles. The van der Waals surface area contributed by atoms with Gasteiger partial charge in [-0.25, -0.2) is 0 Å². The van der Waals surface area contributed by atoms with Crippen molar-refractivity contribution in [1.29, 1.82) is 0 Å². The van der Waals surface area contributed by atoms with Gasteiger partial charge in [-0.1, -0.05) is 72.6 Å². The van der Waals surface area contributed by atoms with Crippen LogP contribution in [0.5, 0.6) is 0 Å². The molecular formula is C13H28. The maximum absolute atomic E-state index is 2.41. The van der Waals surface area contributed by atoms with Gasteiger partial charge in [-0.3, -0.25) is 0 Å². The first-order valence-corrected chi connectivity index (χ1v) is 6.26. The first-order valence-electron chi connectivity index (χ1n) is 6.26. The van der Waals surface area contributed by atoms with Crippen molar-refractivity contribution >= 4 is 0 Å². The fraction of sp³-hybridized carbons (Fsp3) is 1.00. The average molecular weight is 184 g/mol. The molecule has 0 fully saturated rings. The molecule has 0 amide bonds. The molecule has 0 bridgehead atoms. The lowest BCUT2D eigenvalue weighted by Gasteiger charge is -2.21.